The third-order valence-electron chi connectivity index (χ3n) is 3.07. The van der Waals surface area contributed by atoms with Crippen molar-refractivity contribution in [1.82, 2.24) is 0 Å². The fraction of sp³-hybridized carbons (Fsp3) is 0.462. The molecule has 0 saturated carbocycles. The molecule has 0 heterocycles. The lowest BCUT2D eigenvalue weighted by atomic mass is 10.1. The number of hydrogen-bond donors (Lipinski definition) is 1. The van der Waals surface area contributed by atoms with Crippen molar-refractivity contribution in [2.45, 2.75) is 31.6 Å². The summed E-state index contributed by atoms with van der Waals surface area (Å²) in [5.41, 5.74) is 8.47. The summed E-state index contributed by atoms with van der Waals surface area (Å²) < 4.78 is 0. The molecular weight excluding hydrogens is 212 g/mol. The van der Waals surface area contributed by atoms with Crippen molar-refractivity contribution in [2.24, 2.45) is 5.73 Å². The summed E-state index contributed by atoms with van der Waals surface area (Å²) in [7, 11) is -1.18. The molecule has 0 radical (unpaired) electrons. The molecular formula is C13H20N2Si. The summed E-state index contributed by atoms with van der Waals surface area (Å²) >= 11 is 0. The third kappa shape index (κ3) is 3.48. The summed E-state index contributed by atoms with van der Waals surface area (Å²) in [5, 5.41) is 8.72. The fourth-order valence-corrected chi connectivity index (χ4v) is 3.30. The molecule has 0 aliphatic rings. The van der Waals surface area contributed by atoms with E-state index in [9.17, 15) is 0 Å². The lowest BCUT2D eigenvalue weighted by Gasteiger charge is -2.27. The Kier molecular flexibility index (Phi) is 4.28. The van der Waals surface area contributed by atoms with Gasteiger partial charge >= 0.3 is 0 Å². The molecule has 0 bridgehead atoms. The van der Waals surface area contributed by atoms with Crippen LogP contribution in [0.1, 0.15) is 11.1 Å². The quantitative estimate of drug-likeness (QED) is 0.812. The first-order chi connectivity index (χ1) is 7.47. The predicted molar refractivity (Wildman–Crippen MR) is 71.0 cm³/mol. The topological polar surface area (TPSA) is 49.8 Å². The Morgan fingerprint density at radius 3 is 2.19 bits per heavy atom. The van der Waals surface area contributed by atoms with Crippen LogP contribution < -0.4 is 5.73 Å². The van der Waals surface area contributed by atoms with Crippen molar-refractivity contribution in [1.29, 1.82) is 5.26 Å². The highest BCUT2D eigenvalue weighted by Crippen LogP contribution is 2.25. The highest BCUT2D eigenvalue weighted by Gasteiger charge is 2.25. The third-order valence-corrected chi connectivity index (χ3v) is 5.96. The van der Waals surface area contributed by atoms with E-state index in [0.29, 0.717) is 5.54 Å². The summed E-state index contributed by atoms with van der Waals surface area (Å²) in [6, 6.07) is 9.99. The van der Waals surface area contributed by atoms with Gasteiger partial charge in [-0.25, -0.2) is 0 Å². The van der Waals surface area contributed by atoms with E-state index in [0.717, 1.165) is 18.5 Å². The molecule has 1 atom stereocenters. The molecule has 1 aromatic carbocycles. The summed E-state index contributed by atoms with van der Waals surface area (Å²) in [6.45, 7) is 7.83. The second-order valence-electron chi connectivity index (χ2n) is 5.31. The van der Waals surface area contributed by atoms with Crippen LogP contribution in [0.2, 0.25) is 25.2 Å². The van der Waals surface area contributed by atoms with Crippen LogP contribution in [0.4, 0.5) is 0 Å². The van der Waals surface area contributed by atoms with Crippen molar-refractivity contribution in [3.63, 3.8) is 0 Å². The minimum atomic E-state index is -1.18. The van der Waals surface area contributed by atoms with Gasteiger partial charge in [0.1, 0.15) is 0 Å². The van der Waals surface area contributed by atoms with Gasteiger partial charge in [0, 0.05) is 8.07 Å². The molecule has 1 aromatic rings. The molecule has 16 heavy (non-hydrogen) atoms. The number of benzene rings is 1. The first-order valence-electron chi connectivity index (χ1n) is 5.66. The molecule has 0 aromatic heterocycles. The number of nitrogens with two attached hydrogens (primary N) is 1. The van der Waals surface area contributed by atoms with Gasteiger partial charge in [-0.3, -0.25) is 0 Å². The first kappa shape index (κ1) is 13.0. The van der Waals surface area contributed by atoms with Gasteiger partial charge in [-0.2, -0.15) is 5.26 Å². The number of hydrogen-bond acceptors (Lipinski definition) is 2. The molecule has 0 aliphatic carbocycles. The minimum Gasteiger partial charge on any atom is -0.330 e. The largest absolute Gasteiger partial charge is 0.330 e. The van der Waals surface area contributed by atoms with E-state index in [1.54, 1.807) is 0 Å². The van der Waals surface area contributed by atoms with E-state index in [1.165, 1.54) is 5.56 Å². The first-order valence-corrected chi connectivity index (χ1v) is 9.24. The van der Waals surface area contributed by atoms with Crippen molar-refractivity contribution in [3.05, 3.63) is 35.4 Å². The maximum absolute atomic E-state index is 8.72. The Morgan fingerprint density at radius 2 is 1.81 bits per heavy atom. The smallest absolute Gasteiger partial charge is 0.0991 e. The van der Waals surface area contributed by atoms with Crippen LogP contribution in [0.3, 0.4) is 0 Å². The zero-order valence-corrected chi connectivity index (χ0v) is 11.3. The normalized spacial score (nSPS) is 13.2. The lowest BCUT2D eigenvalue weighted by Crippen LogP contribution is -2.34. The zero-order chi connectivity index (χ0) is 12.2. The van der Waals surface area contributed by atoms with Crippen LogP contribution in [0, 0.1) is 11.3 Å². The van der Waals surface area contributed by atoms with E-state index in [2.05, 4.69) is 25.7 Å². The Bertz CT molecular complexity index is 370. The van der Waals surface area contributed by atoms with E-state index >= 15 is 0 Å². The Hall–Kier alpha value is -1.11. The van der Waals surface area contributed by atoms with Gasteiger partial charge in [-0.1, -0.05) is 31.8 Å². The highest BCUT2D eigenvalue weighted by molar-refractivity contribution is 6.77. The van der Waals surface area contributed by atoms with Crippen molar-refractivity contribution in [3.8, 4) is 6.07 Å². The van der Waals surface area contributed by atoms with Crippen molar-refractivity contribution >= 4 is 8.07 Å². The van der Waals surface area contributed by atoms with Crippen LogP contribution in [0.5, 0.6) is 0 Å². The van der Waals surface area contributed by atoms with Gasteiger partial charge in [0.05, 0.1) is 11.6 Å². The minimum absolute atomic E-state index is 0.612. The molecule has 1 rings (SSSR count). The molecule has 1 unspecified atom stereocenters. The van der Waals surface area contributed by atoms with Gasteiger partial charge in [-0.05, 0) is 36.2 Å². The average Bonchev–Trinajstić information content (AvgIpc) is 2.25. The number of nitriles is 1. The molecule has 2 N–H and O–H groups in total. The summed E-state index contributed by atoms with van der Waals surface area (Å²) in [5.74, 6) is 0. The summed E-state index contributed by atoms with van der Waals surface area (Å²) in [4.78, 5) is 0. The number of rotatable bonds is 4. The van der Waals surface area contributed by atoms with Crippen LogP contribution in [-0.4, -0.2) is 14.6 Å². The van der Waals surface area contributed by atoms with E-state index in [1.807, 2.05) is 24.3 Å². The Morgan fingerprint density at radius 1 is 1.25 bits per heavy atom. The van der Waals surface area contributed by atoms with Crippen molar-refractivity contribution in [2.75, 3.05) is 6.54 Å². The van der Waals surface area contributed by atoms with Crippen molar-refractivity contribution < 1.29 is 0 Å². The van der Waals surface area contributed by atoms with E-state index < -0.39 is 8.07 Å². The average molecular weight is 232 g/mol. The SMILES string of the molecule is C[Si](C)(C)C(CN)Cc1ccc(C#N)cc1. The van der Waals surface area contributed by atoms with Crippen LogP contribution in [-0.2, 0) is 6.42 Å². The number of nitrogens with zero attached hydrogens (tertiary/aromatic N) is 1. The maximum Gasteiger partial charge on any atom is 0.0991 e. The highest BCUT2D eigenvalue weighted by atomic mass is 28.3. The molecule has 86 valence electrons. The molecule has 2 nitrogen and oxygen atoms in total. The molecule has 0 amide bonds. The van der Waals surface area contributed by atoms with Gasteiger partial charge in [-0.15, -0.1) is 0 Å². The van der Waals surface area contributed by atoms with Gasteiger partial charge < -0.3 is 5.73 Å². The lowest BCUT2D eigenvalue weighted by molar-refractivity contribution is 0.796. The molecule has 0 fully saturated rings. The van der Waals surface area contributed by atoms with Gasteiger partial charge in [0.25, 0.3) is 0 Å². The van der Waals surface area contributed by atoms with Crippen LogP contribution in [0.25, 0.3) is 0 Å². The fourth-order valence-electron chi connectivity index (χ4n) is 1.74. The summed E-state index contributed by atoms with van der Waals surface area (Å²) in [6.07, 6.45) is 1.04. The molecule has 0 aliphatic heterocycles. The molecule has 0 saturated heterocycles. The molecule has 3 heteroatoms. The van der Waals surface area contributed by atoms with Crippen LogP contribution in [0.15, 0.2) is 24.3 Å². The zero-order valence-electron chi connectivity index (χ0n) is 10.3. The standard InChI is InChI=1S/C13H20N2Si/c1-16(2,3)13(10-15)8-11-4-6-12(9-14)7-5-11/h4-7,13H,8,10,15H2,1-3H3. The monoisotopic (exact) mass is 232 g/mol. The molecule has 0 spiro atoms. The predicted octanol–water partition coefficient (Wildman–Crippen LogP) is 2.77. The second-order valence-corrected chi connectivity index (χ2v) is 10.9. The Balaban J connectivity index is 2.76. The second kappa shape index (κ2) is 5.29. The van der Waals surface area contributed by atoms with Crippen LogP contribution >= 0.6 is 0 Å². The van der Waals surface area contributed by atoms with Gasteiger partial charge in [0.2, 0.25) is 0 Å². The van der Waals surface area contributed by atoms with Gasteiger partial charge in [0.15, 0.2) is 0 Å². The van der Waals surface area contributed by atoms with E-state index in [-0.39, 0.29) is 0 Å². The maximum atomic E-state index is 8.72. The van der Waals surface area contributed by atoms with E-state index in [4.69, 9.17) is 11.0 Å². The Labute approximate surface area is 99.1 Å².